The van der Waals surface area contributed by atoms with E-state index in [1.165, 1.54) is 34.4 Å². The second-order valence-electron chi connectivity index (χ2n) is 7.11. The van der Waals surface area contributed by atoms with Crippen LogP contribution in [0, 0.1) is 10.1 Å². The van der Waals surface area contributed by atoms with Gasteiger partial charge < -0.3 is 9.47 Å². The third-order valence-corrected chi connectivity index (χ3v) is 6.08. The van der Waals surface area contributed by atoms with Crippen molar-refractivity contribution in [3.63, 3.8) is 0 Å². The Bertz CT molecular complexity index is 1330. The summed E-state index contributed by atoms with van der Waals surface area (Å²) in [5.74, 6) is 0.866. The molecule has 2 aromatic carbocycles. The van der Waals surface area contributed by atoms with Gasteiger partial charge in [0, 0.05) is 30.6 Å². The fourth-order valence-corrected chi connectivity index (χ4v) is 4.38. The van der Waals surface area contributed by atoms with Crippen molar-refractivity contribution >= 4 is 44.4 Å². The molecule has 172 valence electrons. The summed E-state index contributed by atoms with van der Waals surface area (Å²) in [6, 6.07) is 13.3. The lowest BCUT2D eigenvalue weighted by Gasteiger charge is -2.18. The number of thiazole rings is 1. The van der Waals surface area contributed by atoms with Crippen molar-refractivity contribution < 1.29 is 19.2 Å². The minimum absolute atomic E-state index is 0.0476. The zero-order valence-corrected chi connectivity index (χ0v) is 19.2. The number of benzene rings is 2. The van der Waals surface area contributed by atoms with E-state index >= 15 is 0 Å². The number of hydrogen-bond donors (Lipinski definition) is 0. The number of rotatable bonds is 8. The van der Waals surface area contributed by atoms with E-state index in [0.717, 1.165) is 10.3 Å². The van der Waals surface area contributed by atoms with E-state index in [1.54, 1.807) is 57.0 Å². The van der Waals surface area contributed by atoms with Gasteiger partial charge in [-0.2, -0.15) is 0 Å². The van der Waals surface area contributed by atoms with Crippen molar-refractivity contribution in [1.82, 2.24) is 9.97 Å². The van der Waals surface area contributed by atoms with Gasteiger partial charge in [-0.15, -0.1) is 0 Å². The number of amides is 1. The lowest BCUT2D eigenvalue weighted by Crippen LogP contribution is -2.28. The quantitative estimate of drug-likeness (QED) is 0.203. The molecule has 0 fully saturated rings. The maximum atomic E-state index is 13.3. The number of nitro benzene ring substituents is 1. The van der Waals surface area contributed by atoms with Crippen LogP contribution in [-0.2, 0) is 11.3 Å². The minimum atomic E-state index is -0.475. The fourth-order valence-electron chi connectivity index (χ4n) is 3.30. The van der Waals surface area contributed by atoms with Crippen LogP contribution in [0.3, 0.4) is 0 Å². The Morgan fingerprint density at radius 3 is 2.56 bits per heavy atom. The molecular formula is C24H20N4O5S. The molecule has 4 aromatic rings. The van der Waals surface area contributed by atoms with Crippen molar-refractivity contribution in [2.75, 3.05) is 19.1 Å². The Kier molecular flexibility index (Phi) is 6.79. The molecule has 0 aliphatic heterocycles. The largest absolute Gasteiger partial charge is 0.495 e. The highest BCUT2D eigenvalue weighted by Crippen LogP contribution is 2.40. The summed E-state index contributed by atoms with van der Waals surface area (Å²) in [5, 5.41) is 11.5. The normalized spacial score (nSPS) is 11.0. The molecule has 9 nitrogen and oxygen atoms in total. The van der Waals surface area contributed by atoms with Gasteiger partial charge in [0.15, 0.2) is 5.13 Å². The molecule has 0 N–H and O–H groups in total. The van der Waals surface area contributed by atoms with E-state index in [1.807, 2.05) is 12.1 Å². The molecule has 0 spiro atoms. The molecule has 2 aromatic heterocycles. The second kappa shape index (κ2) is 10.1. The molecule has 2 heterocycles. The van der Waals surface area contributed by atoms with Crippen LogP contribution in [0.15, 0.2) is 67.0 Å². The van der Waals surface area contributed by atoms with Gasteiger partial charge in [-0.1, -0.05) is 23.5 Å². The first-order valence-electron chi connectivity index (χ1n) is 10.1. The highest BCUT2D eigenvalue weighted by Gasteiger charge is 2.22. The third-order valence-electron chi connectivity index (χ3n) is 4.99. The van der Waals surface area contributed by atoms with Crippen LogP contribution in [-0.4, -0.2) is 35.0 Å². The van der Waals surface area contributed by atoms with Crippen LogP contribution >= 0.6 is 11.3 Å². The van der Waals surface area contributed by atoms with Crippen LogP contribution < -0.4 is 14.4 Å². The second-order valence-corrected chi connectivity index (χ2v) is 8.09. The number of aromatic nitrogens is 2. The molecule has 0 atom stereocenters. The molecule has 10 heteroatoms. The maximum Gasteiger partial charge on any atom is 0.270 e. The number of anilines is 1. The van der Waals surface area contributed by atoms with Gasteiger partial charge >= 0.3 is 0 Å². The molecule has 0 bridgehead atoms. The molecule has 1 amide bonds. The van der Waals surface area contributed by atoms with E-state index in [0.29, 0.717) is 27.7 Å². The third kappa shape index (κ3) is 4.86. The first-order chi connectivity index (χ1) is 16.5. The molecule has 0 saturated carbocycles. The Balaban J connectivity index is 1.73. The molecule has 4 rings (SSSR count). The number of pyridine rings is 1. The summed E-state index contributed by atoms with van der Waals surface area (Å²) in [4.78, 5) is 34.1. The molecule has 0 aliphatic rings. The molecule has 0 saturated heterocycles. The Morgan fingerprint density at radius 2 is 1.85 bits per heavy atom. The zero-order valence-electron chi connectivity index (χ0n) is 18.4. The topological polar surface area (TPSA) is 108 Å². The molecule has 34 heavy (non-hydrogen) atoms. The molecular weight excluding hydrogens is 456 g/mol. The predicted molar refractivity (Wildman–Crippen MR) is 130 cm³/mol. The van der Waals surface area contributed by atoms with Gasteiger partial charge in [-0.05, 0) is 41.5 Å². The molecule has 0 aliphatic carbocycles. The highest BCUT2D eigenvalue weighted by atomic mass is 32.1. The lowest BCUT2D eigenvalue weighted by atomic mass is 10.2. The smallest absolute Gasteiger partial charge is 0.270 e. The van der Waals surface area contributed by atoms with E-state index in [-0.39, 0.29) is 18.1 Å². The minimum Gasteiger partial charge on any atom is -0.495 e. The summed E-state index contributed by atoms with van der Waals surface area (Å²) < 4.78 is 11.7. The zero-order chi connectivity index (χ0) is 24.1. The van der Waals surface area contributed by atoms with Gasteiger partial charge in [0.05, 0.1) is 25.7 Å². The van der Waals surface area contributed by atoms with E-state index in [4.69, 9.17) is 9.47 Å². The van der Waals surface area contributed by atoms with Crippen LogP contribution in [0.1, 0.15) is 11.1 Å². The number of nitro groups is 1. The lowest BCUT2D eigenvalue weighted by molar-refractivity contribution is -0.384. The number of ether oxygens (including phenoxy) is 2. The van der Waals surface area contributed by atoms with Crippen LogP contribution in [0.5, 0.6) is 11.5 Å². The number of carbonyl (C=O) groups is 1. The van der Waals surface area contributed by atoms with Gasteiger partial charge in [0.1, 0.15) is 21.7 Å². The van der Waals surface area contributed by atoms with Crippen molar-refractivity contribution in [3.8, 4) is 11.5 Å². The Morgan fingerprint density at radius 1 is 1.12 bits per heavy atom. The Labute approximate surface area is 199 Å². The van der Waals surface area contributed by atoms with Crippen molar-refractivity contribution in [2.45, 2.75) is 6.54 Å². The summed E-state index contributed by atoms with van der Waals surface area (Å²) in [5.41, 5.74) is 1.95. The maximum absolute atomic E-state index is 13.3. The summed E-state index contributed by atoms with van der Waals surface area (Å²) in [6.45, 7) is 0.255. The first kappa shape index (κ1) is 22.9. The van der Waals surface area contributed by atoms with Crippen molar-refractivity contribution in [1.29, 1.82) is 0 Å². The van der Waals surface area contributed by atoms with E-state index in [9.17, 15) is 14.9 Å². The number of non-ortho nitro benzene ring substituents is 1. The van der Waals surface area contributed by atoms with E-state index < -0.39 is 4.92 Å². The molecule has 0 unspecified atom stereocenters. The number of carbonyl (C=O) groups excluding carboxylic acids is 1. The fraction of sp³-hybridized carbons (Fsp3) is 0.125. The molecule has 0 radical (unpaired) electrons. The summed E-state index contributed by atoms with van der Waals surface area (Å²) in [6.07, 6.45) is 6.23. The standard InChI is InChI=1S/C24H20N4O5S/c1-32-19-7-8-20(33-2)23-22(19)26-24(34-23)27(15-17-10-12-25-13-11-17)21(29)9-6-16-4-3-5-18(14-16)28(30)31/h3-14H,15H2,1-2H3. The highest BCUT2D eigenvalue weighted by molar-refractivity contribution is 7.22. The monoisotopic (exact) mass is 476 g/mol. The Hall–Kier alpha value is -4.31. The number of nitrogens with zero attached hydrogens (tertiary/aromatic N) is 4. The van der Waals surface area contributed by atoms with Gasteiger partial charge in [0.25, 0.3) is 11.6 Å². The van der Waals surface area contributed by atoms with Crippen LogP contribution in [0.2, 0.25) is 0 Å². The number of hydrogen-bond acceptors (Lipinski definition) is 8. The van der Waals surface area contributed by atoms with Gasteiger partial charge in [-0.3, -0.25) is 24.8 Å². The first-order valence-corrected chi connectivity index (χ1v) is 11.0. The van der Waals surface area contributed by atoms with Gasteiger partial charge in [0.2, 0.25) is 0 Å². The van der Waals surface area contributed by atoms with E-state index in [2.05, 4.69) is 9.97 Å². The van der Waals surface area contributed by atoms with Crippen LogP contribution in [0.4, 0.5) is 10.8 Å². The van der Waals surface area contributed by atoms with Crippen molar-refractivity contribution in [3.05, 3.63) is 88.2 Å². The SMILES string of the molecule is COc1ccc(OC)c2sc(N(Cc3ccncc3)C(=O)C=Cc3cccc([N+](=O)[O-])c3)nc12. The summed E-state index contributed by atoms with van der Waals surface area (Å²) in [7, 11) is 3.13. The average Bonchev–Trinajstić information content (AvgIpc) is 3.31. The average molecular weight is 477 g/mol. The predicted octanol–water partition coefficient (Wildman–Crippen LogP) is 4.86. The number of fused-ring (bicyclic) bond motifs is 1. The number of methoxy groups -OCH3 is 2. The summed E-state index contributed by atoms with van der Waals surface area (Å²) >= 11 is 1.31. The van der Waals surface area contributed by atoms with Gasteiger partial charge in [-0.25, -0.2) is 4.98 Å². The van der Waals surface area contributed by atoms with Crippen LogP contribution in [0.25, 0.3) is 16.3 Å². The van der Waals surface area contributed by atoms with Crippen molar-refractivity contribution in [2.24, 2.45) is 0 Å².